The van der Waals surface area contributed by atoms with Crippen LogP contribution in [0, 0.1) is 6.92 Å². The Labute approximate surface area is 147 Å². The van der Waals surface area contributed by atoms with E-state index >= 15 is 0 Å². The standard InChI is InChI=1S/C20H22N4O/c1-14-6-7-17-18(10-14)23-19(22-17)11-21-20(25)13-24-9-8-15-4-2-3-5-16(15)12-24/h2-7,10H,8-9,11-13H2,1H3,(H,21,25)(H,22,23). The van der Waals surface area contributed by atoms with Gasteiger partial charge in [0.05, 0.1) is 24.1 Å². The van der Waals surface area contributed by atoms with E-state index in [4.69, 9.17) is 0 Å². The zero-order valence-electron chi connectivity index (χ0n) is 14.4. The number of nitrogens with one attached hydrogen (secondary N) is 2. The predicted molar refractivity (Wildman–Crippen MR) is 98.1 cm³/mol. The molecule has 0 saturated heterocycles. The van der Waals surface area contributed by atoms with Crippen LogP contribution >= 0.6 is 0 Å². The average Bonchev–Trinajstić information content (AvgIpc) is 3.02. The highest BCUT2D eigenvalue weighted by molar-refractivity contribution is 5.78. The van der Waals surface area contributed by atoms with Gasteiger partial charge in [0, 0.05) is 13.1 Å². The molecule has 1 aliphatic rings. The summed E-state index contributed by atoms with van der Waals surface area (Å²) in [5, 5.41) is 2.97. The number of aryl methyl sites for hydroxylation is 1. The Morgan fingerprint density at radius 1 is 1.24 bits per heavy atom. The van der Waals surface area contributed by atoms with Gasteiger partial charge in [0.25, 0.3) is 0 Å². The molecular formula is C20H22N4O. The van der Waals surface area contributed by atoms with Crippen molar-refractivity contribution in [1.82, 2.24) is 20.2 Å². The van der Waals surface area contributed by atoms with E-state index in [0.29, 0.717) is 13.1 Å². The maximum absolute atomic E-state index is 12.3. The number of aromatic nitrogens is 2. The molecule has 5 nitrogen and oxygen atoms in total. The van der Waals surface area contributed by atoms with E-state index in [9.17, 15) is 4.79 Å². The van der Waals surface area contributed by atoms with Crippen molar-refractivity contribution >= 4 is 16.9 Å². The van der Waals surface area contributed by atoms with Crippen molar-refractivity contribution in [3.05, 3.63) is 65.0 Å². The number of imidazole rings is 1. The summed E-state index contributed by atoms with van der Waals surface area (Å²) in [4.78, 5) is 22.3. The van der Waals surface area contributed by atoms with Gasteiger partial charge in [0.1, 0.15) is 5.82 Å². The molecule has 0 atom stereocenters. The van der Waals surface area contributed by atoms with Crippen LogP contribution in [0.2, 0.25) is 0 Å². The summed E-state index contributed by atoms with van der Waals surface area (Å²) < 4.78 is 0. The maximum Gasteiger partial charge on any atom is 0.234 e. The molecule has 5 heteroatoms. The SMILES string of the molecule is Cc1ccc2nc(CNC(=O)CN3CCc4ccccc4C3)[nH]c2c1. The molecule has 3 aromatic rings. The molecule has 0 aliphatic carbocycles. The molecule has 2 N–H and O–H groups in total. The molecule has 0 bridgehead atoms. The Balaban J connectivity index is 1.33. The number of benzene rings is 2. The van der Waals surface area contributed by atoms with Crippen molar-refractivity contribution in [2.45, 2.75) is 26.4 Å². The van der Waals surface area contributed by atoms with Gasteiger partial charge in [-0.3, -0.25) is 9.69 Å². The number of aromatic amines is 1. The first-order valence-corrected chi connectivity index (χ1v) is 8.68. The first-order valence-electron chi connectivity index (χ1n) is 8.68. The zero-order valence-corrected chi connectivity index (χ0v) is 14.4. The summed E-state index contributed by atoms with van der Waals surface area (Å²) in [5.41, 5.74) is 5.86. The minimum absolute atomic E-state index is 0.0380. The highest BCUT2D eigenvalue weighted by atomic mass is 16.2. The minimum atomic E-state index is 0.0380. The van der Waals surface area contributed by atoms with Crippen molar-refractivity contribution in [1.29, 1.82) is 0 Å². The molecule has 4 rings (SSSR count). The first-order chi connectivity index (χ1) is 12.2. The monoisotopic (exact) mass is 334 g/mol. The van der Waals surface area contributed by atoms with Crippen LogP contribution in [0.5, 0.6) is 0 Å². The minimum Gasteiger partial charge on any atom is -0.348 e. The Morgan fingerprint density at radius 3 is 2.96 bits per heavy atom. The molecular weight excluding hydrogens is 312 g/mol. The summed E-state index contributed by atoms with van der Waals surface area (Å²) in [6.45, 7) is 4.67. The largest absolute Gasteiger partial charge is 0.348 e. The summed E-state index contributed by atoms with van der Waals surface area (Å²) in [5.74, 6) is 0.828. The summed E-state index contributed by atoms with van der Waals surface area (Å²) in [6, 6.07) is 14.6. The van der Waals surface area contributed by atoms with Gasteiger partial charge in [-0.25, -0.2) is 4.98 Å². The summed E-state index contributed by atoms with van der Waals surface area (Å²) >= 11 is 0. The molecule has 1 aliphatic heterocycles. The average molecular weight is 334 g/mol. The van der Waals surface area contributed by atoms with Gasteiger partial charge in [0.2, 0.25) is 5.91 Å². The quantitative estimate of drug-likeness (QED) is 0.771. The topological polar surface area (TPSA) is 61.0 Å². The molecule has 25 heavy (non-hydrogen) atoms. The van der Waals surface area contributed by atoms with Crippen molar-refractivity contribution < 1.29 is 4.79 Å². The number of hydrogen-bond acceptors (Lipinski definition) is 3. The summed E-state index contributed by atoms with van der Waals surface area (Å²) in [6.07, 6.45) is 1.01. The molecule has 2 heterocycles. The van der Waals surface area contributed by atoms with E-state index in [-0.39, 0.29) is 5.91 Å². The van der Waals surface area contributed by atoms with Gasteiger partial charge in [0.15, 0.2) is 0 Å². The molecule has 0 radical (unpaired) electrons. The van der Waals surface area contributed by atoms with Crippen LogP contribution < -0.4 is 5.32 Å². The number of rotatable bonds is 4. The fourth-order valence-electron chi connectivity index (χ4n) is 3.39. The zero-order chi connectivity index (χ0) is 17.2. The van der Waals surface area contributed by atoms with Crippen molar-refractivity contribution in [3.8, 4) is 0 Å². The van der Waals surface area contributed by atoms with Gasteiger partial charge in [-0.1, -0.05) is 30.3 Å². The number of H-pyrrole nitrogens is 1. The van der Waals surface area contributed by atoms with E-state index < -0.39 is 0 Å². The third-order valence-corrected chi connectivity index (χ3v) is 4.72. The molecule has 1 amide bonds. The Morgan fingerprint density at radius 2 is 2.08 bits per heavy atom. The number of amides is 1. The highest BCUT2D eigenvalue weighted by Crippen LogP contribution is 2.18. The molecule has 0 fully saturated rings. The molecule has 0 spiro atoms. The Hall–Kier alpha value is -2.66. The van der Waals surface area contributed by atoms with Crippen molar-refractivity contribution in [2.75, 3.05) is 13.1 Å². The van der Waals surface area contributed by atoms with Crippen LogP contribution in [-0.2, 0) is 24.3 Å². The lowest BCUT2D eigenvalue weighted by molar-refractivity contribution is -0.122. The molecule has 0 saturated carbocycles. The number of nitrogens with zero attached hydrogens (tertiary/aromatic N) is 2. The molecule has 1 aromatic heterocycles. The second kappa shape index (κ2) is 6.69. The number of fused-ring (bicyclic) bond motifs is 2. The number of carbonyl (C=O) groups excluding carboxylic acids is 1. The molecule has 128 valence electrons. The van der Waals surface area contributed by atoms with Gasteiger partial charge in [-0.05, 0) is 42.2 Å². The van der Waals surface area contributed by atoms with Crippen LogP contribution in [-0.4, -0.2) is 33.9 Å². The van der Waals surface area contributed by atoms with Crippen LogP contribution in [0.3, 0.4) is 0 Å². The number of carbonyl (C=O) groups is 1. The van der Waals surface area contributed by atoms with E-state index in [1.807, 2.05) is 12.1 Å². The fraction of sp³-hybridized carbons (Fsp3) is 0.300. The normalized spacial score (nSPS) is 14.4. The smallest absolute Gasteiger partial charge is 0.234 e. The molecule has 2 aromatic carbocycles. The maximum atomic E-state index is 12.3. The highest BCUT2D eigenvalue weighted by Gasteiger charge is 2.18. The van der Waals surface area contributed by atoms with Crippen molar-refractivity contribution in [3.63, 3.8) is 0 Å². The third-order valence-electron chi connectivity index (χ3n) is 4.72. The van der Waals surface area contributed by atoms with E-state index in [1.165, 1.54) is 16.7 Å². The van der Waals surface area contributed by atoms with Gasteiger partial charge < -0.3 is 10.3 Å². The summed E-state index contributed by atoms with van der Waals surface area (Å²) in [7, 11) is 0. The Bertz CT molecular complexity index is 915. The third kappa shape index (κ3) is 3.56. The lowest BCUT2D eigenvalue weighted by Gasteiger charge is -2.28. The molecule has 0 unspecified atom stereocenters. The van der Waals surface area contributed by atoms with E-state index in [0.717, 1.165) is 36.4 Å². The van der Waals surface area contributed by atoms with Crippen molar-refractivity contribution in [2.24, 2.45) is 0 Å². The number of hydrogen-bond donors (Lipinski definition) is 2. The fourth-order valence-corrected chi connectivity index (χ4v) is 3.39. The first kappa shape index (κ1) is 15.8. The lowest BCUT2D eigenvalue weighted by Crippen LogP contribution is -2.39. The second-order valence-electron chi connectivity index (χ2n) is 6.71. The van der Waals surface area contributed by atoms with Crippen LogP contribution in [0.25, 0.3) is 11.0 Å². The Kier molecular flexibility index (Phi) is 4.24. The van der Waals surface area contributed by atoms with Gasteiger partial charge >= 0.3 is 0 Å². The predicted octanol–water partition coefficient (Wildman–Crippen LogP) is 2.55. The van der Waals surface area contributed by atoms with E-state index in [2.05, 4.69) is 57.4 Å². The lowest BCUT2D eigenvalue weighted by atomic mass is 10.00. The van der Waals surface area contributed by atoms with Crippen LogP contribution in [0.1, 0.15) is 22.5 Å². The van der Waals surface area contributed by atoms with Gasteiger partial charge in [-0.15, -0.1) is 0 Å². The van der Waals surface area contributed by atoms with E-state index in [1.54, 1.807) is 0 Å². The van der Waals surface area contributed by atoms with Crippen LogP contribution in [0.4, 0.5) is 0 Å². The van der Waals surface area contributed by atoms with Crippen LogP contribution in [0.15, 0.2) is 42.5 Å². The second-order valence-corrected chi connectivity index (χ2v) is 6.71. The van der Waals surface area contributed by atoms with Gasteiger partial charge in [-0.2, -0.15) is 0 Å².